The molecule has 1 radical (unpaired) electrons. The summed E-state index contributed by atoms with van der Waals surface area (Å²) in [5.41, 5.74) is 2.69. The van der Waals surface area contributed by atoms with Gasteiger partial charge in [-0.3, -0.25) is 4.84 Å². The molecule has 0 spiro atoms. The van der Waals surface area contributed by atoms with Crippen molar-refractivity contribution in [2.24, 2.45) is 0 Å². The highest BCUT2D eigenvalue weighted by Crippen LogP contribution is 1.90. The fraction of sp³-hybridized carbons (Fsp3) is 0.833. The zero-order chi connectivity index (χ0) is 6.41. The first kappa shape index (κ1) is 7.92. The lowest BCUT2D eigenvalue weighted by molar-refractivity contribution is -0.0108. The fourth-order valence-electron chi connectivity index (χ4n) is 0.285. The summed E-state index contributed by atoms with van der Waals surface area (Å²) in [6.45, 7) is 8.28. The number of hydroxylamine groups is 1. The third kappa shape index (κ3) is 4.09. The topological polar surface area (TPSA) is 21.3 Å². The van der Waals surface area contributed by atoms with Gasteiger partial charge >= 0.3 is 0 Å². The Balaban J connectivity index is 2.86. The van der Waals surface area contributed by atoms with Crippen molar-refractivity contribution in [3.05, 3.63) is 6.92 Å². The van der Waals surface area contributed by atoms with Gasteiger partial charge in [0.25, 0.3) is 0 Å². The van der Waals surface area contributed by atoms with Gasteiger partial charge in [0, 0.05) is 6.54 Å². The summed E-state index contributed by atoms with van der Waals surface area (Å²) < 4.78 is 0. The van der Waals surface area contributed by atoms with Crippen LogP contribution in [-0.4, -0.2) is 12.6 Å². The van der Waals surface area contributed by atoms with Crippen molar-refractivity contribution in [3.8, 4) is 0 Å². The van der Waals surface area contributed by atoms with Crippen LogP contribution in [0, 0.1) is 6.92 Å². The maximum atomic E-state index is 5.03. The second-order valence-corrected chi connectivity index (χ2v) is 1.73. The third-order valence-corrected chi connectivity index (χ3v) is 0.961. The van der Waals surface area contributed by atoms with Gasteiger partial charge in [-0.25, -0.2) is 5.48 Å². The summed E-state index contributed by atoms with van der Waals surface area (Å²) in [5, 5.41) is 0. The molecule has 0 aliphatic carbocycles. The minimum Gasteiger partial charge on any atom is -0.299 e. The molecule has 0 fully saturated rings. The van der Waals surface area contributed by atoms with E-state index in [1.807, 2.05) is 6.92 Å². The monoisotopic (exact) mass is 116 g/mol. The number of nitrogens with one attached hydrogen (secondary N) is 1. The van der Waals surface area contributed by atoms with Gasteiger partial charge in [-0.2, -0.15) is 0 Å². The van der Waals surface area contributed by atoms with E-state index in [1.165, 1.54) is 0 Å². The van der Waals surface area contributed by atoms with E-state index in [-0.39, 0.29) is 0 Å². The second-order valence-electron chi connectivity index (χ2n) is 1.73. The van der Waals surface area contributed by atoms with Crippen LogP contribution in [0.15, 0.2) is 0 Å². The standard InChI is InChI=1S/C6H14NO/c1-4-6(3)8-7-5-2/h6-7H,2,4-5H2,1,3H3. The summed E-state index contributed by atoms with van der Waals surface area (Å²) in [5.74, 6) is 0. The van der Waals surface area contributed by atoms with E-state index in [4.69, 9.17) is 4.84 Å². The lowest BCUT2D eigenvalue weighted by Gasteiger charge is -2.08. The van der Waals surface area contributed by atoms with Gasteiger partial charge in [0.2, 0.25) is 0 Å². The Labute approximate surface area is 51.2 Å². The molecule has 0 aromatic heterocycles. The molecule has 0 heterocycles. The van der Waals surface area contributed by atoms with Crippen molar-refractivity contribution < 1.29 is 4.84 Å². The van der Waals surface area contributed by atoms with E-state index < -0.39 is 0 Å². The molecule has 2 nitrogen and oxygen atoms in total. The Morgan fingerprint density at radius 2 is 2.38 bits per heavy atom. The molecule has 0 saturated heterocycles. The summed E-state index contributed by atoms with van der Waals surface area (Å²) >= 11 is 0. The number of hydrogen-bond donors (Lipinski definition) is 1. The van der Waals surface area contributed by atoms with Crippen molar-refractivity contribution in [1.29, 1.82) is 0 Å². The van der Waals surface area contributed by atoms with Gasteiger partial charge in [-0.1, -0.05) is 6.92 Å². The molecular formula is C6H14NO. The third-order valence-electron chi connectivity index (χ3n) is 0.961. The van der Waals surface area contributed by atoms with Gasteiger partial charge < -0.3 is 0 Å². The average Bonchev–Trinajstić information content (AvgIpc) is 1.83. The van der Waals surface area contributed by atoms with Crippen LogP contribution in [0.1, 0.15) is 20.3 Å². The Bertz CT molecular complexity index is 47.8. The molecule has 0 aromatic carbocycles. The van der Waals surface area contributed by atoms with Gasteiger partial charge in [0.1, 0.15) is 0 Å². The maximum absolute atomic E-state index is 5.03. The quantitative estimate of drug-likeness (QED) is 0.556. The first-order chi connectivity index (χ1) is 3.81. The SMILES string of the molecule is [CH2]CNOC(C)CC. The molecule has 1 unspecified atom stereocenters. The molecule has 0 aliphatic heterocycles. The van der Waals surface area contributed by atoms with Gasteiger partial charge in [0.15, 0.2) is 0 Å². The lowest BCUT2D eigenvalue weighted by atomic mass is 10.3. The molecule has 0 saturated carbocycles. The van der Waals surface area contributed by atoms with Crippen LogP contribution in [-0.2, 0) is 4.84 Å². The molecule has 0 amide bonds. The molecule has 0 aliphatic rings. The highest BCUT2D eigenvalue weighted by atomic mass is 16.7. The maximum Gasteiger partial charge on any atom is 0.0759 e. The summed E-state index contributed by atoms with van der Waals surface area (Å²) in [6, 6.07) is 0. The van der Waals surface area contributed by atoms with Gasteiger partial charge in [-0.05, 0) is 20.3 Å². The Hall–Kier alpha value is -0.0800. The Kier molecular flexibility index (Phi) is 5.01. The fourth-order valence-corrected chi connectivity index (χ4v) is 0.285. The summed E-state index contributed by atoms with van der Waals surface area (Å²) in [6.07, 6.45) is 1.34. The van der Waals surface area contributed by atoms with Crippen LogP contribution in [0.5, 0.6) is 0 Å². The van der Waals surface area contributed by atoms with Crippen molar-refractivity contribution >= 4 is 0 Å². The van der Waals surface area contributed by atoms with E-state index >= 15 is 0 Å². The minimum atomic E-state index is 0.303. The largest absolute Gasteiger partial charge is 0.299 e. The molecule has 0 bridgehead atoms. The number of rotatable bonds is 4. The molecule has 1 atom stereocenters. The van der Waals surface area contributed by atoms with E-state index in [2.05, 4.69) is 19.3 Å². The van der Waals surface area contributed by atoms with E-state index in [0.29, 0.717) is 12.6 Å². The van der Waals surface area contributed by atoms with E-state index in [9.17, 15) is 0 Å². The van der Waals surface area contributed by atoms with Gasteiger partial charge in [-0.15, -0.1) is 0 Å². The highest BCUT2D eigenvalue weighted by molar-refractivity contribution is 4.41. The first-order valence-corrected chi connectivity index (χ1v) is 2.99. The summed E-state index contributed by atoms with van der Waals surface area (Å²) in [7, 11) is 0. The zero-order valence-electron chi connectivity index (χ0n) is 5.61. The number of hydrogen-bond acceptors (Lipinski definition) is 2. The summed E-state index contributed by atoms with van der Waals surface area (Å²) in [4.78, 5) is 5.03. The normalized spacial score (nSPS) is 13.9. The van der Waals surface area contributed by atoms with Crippen LogP contribution in [0.25, 0.3) is 0 Å². The predicted molar refractivity (Wildman–Crippen MR) is 34.2 cm³/mol. The van der Waals surface area contributed by atoms with Gasteiger partial charge in [0.05, 0.1) is 6.10 Å². The predicted octanol–water partition coefficient (Wildman–Crippen LogP) is 1.14. The molecule has 0 rings (SSSR count). The molecule has 49 valence electrons. The van der Waals surface area contributed by atoms with Crippen molar-refractivity contribution in [2.75, 3.05) is 6.54 Å². The molecule has 2 heteroatoms. The molecule has 1 N–H and O–H groups in total. The van der Waals surface area contributed by atoms with Crippen LogP contribution < -0.4 is 5.48 Å². The average molecular weight is 116 g/mol. The molecule has 8 heavy (non-hydrogen) atoms. The van der Waals surface area contributed by atoms with E-state index in [1.54, 1.807) is 0 Å². The van der Waals surface area contributed by atoms with Crippen LogP contribution in [0.3, 0.4) is 0 Å². The smallest absolute Gasteiger partial charge is 0.0759 e. The van der Waals surface area contributed by atoms with Crippen LogP contribution in [0.2, 0.25) is 0 Å². The second kappa shape index (κ2) is 5.06. The molecule has 0 aromatic rings. The molecular weight excluding hydrogens is 102 g/mol. The highest BCUT2D eigenvalue weighted by Gasteiger charge is 1.93. The van der Waals surface area contributed by atoms with Crippen molar-refractivity contribution in [3.63, 3.8) is 0 Å². The Morgan fingerprint density at radius 3 is 2.75 bits per heavy atom. The zero-order valence-corrected chi connectivity index (χ0v) is 5.61. The van der Waals surface area contributed by atoms with Crippen LogP contribution >= 0.6 is 0 Å². The van der Waals surface area contributed by atoms with Crippen LogP contribution in [0.4, 0.5) is 0 Å². The lowest BCUT2D eigenvalue weighted by Crippen LogP contribution is -2.20. The van der Waals surface area contributed by atoms with Crippen molar-refractivity contribution in [2.45, 2.75) is 26.4 Å². The first-order valence-electron chi connectivity index (χ1n) is 2.99. The van der Waals surface area contributed by atoms with Crippen molar-refractivity contribution in [1.82, 2.24) is 5.48 Å². The minimum absolute atomic E-state index is 0.303. The van der Waals surface area contributed by atoms with E-state index in [0.717, 1.165) is 6.42 Å². The Morgan fingerprint density at radius 1 is 1.75 bits per heavy atom.